The van der Waals surface area contributed by atoms with E-state index in [1.165, 1.54) is 0 Å². The van der Waals surface area contributed by atoms with Gasteiger partial charge in [-0.15, -0.1) is 5.92 Å². The molecule has 0 amide bonds. The summed E-state index contributed by atoms with van der Waals surface area (Å²) in [5.74, 6) is 5.35. The summed E-state index contributed by atoms with van der Waals surface area (Å²) in [4.78, 5) is 11.6. The molecule has 1 rings (SSSR count). The normalized spacial score (nSPS) is 9.07. The lowest BCUT2D eigenvalue weighted by Gasteiger charge is -2.00. The maximum absolute atomic E-state index is 11.6. The molecule has 0 atom stereocenters. The van der Waals surface area contributed by atoms with Gasteiger partial charge in [0.2, 0.25) is 0 Å². The predicted molar refractivity (Wildman–Crippen MR) is 61.5 cm³/mol. The first-order valence-corrected chi connectivity index (χ1v) is 5.20. The zero-order chi connectivity index (χ0) is 10.6. The second-order valence-corrected chi connectivity index (χ2v) is 3.97. The van der Waals surface area contributed by atoms with E-state index in [0.29, 0.717) is 10.6 Å². The van der Waals surface area contributed by atoms with Gasteiger partial charge in [-0.25, -0.2) is 0 Å². The Morgan fingerprint density at radius 1 is 1.57 bits per heavy atom. The average Bonchev–Trinajstić information content (AvgIpc) is 2.18. The maximum Gasteiger partial charge on any atom is 0.176 e. The van der Waals surface area contributed by atoms with Crippen LogP contribution in [0, 0.1) is 11.8 Å². The molecular formula is C11H8BrClO. The molecule has 0 N–H and O–H groups in total. The minimum atomic E-state index is -0.0503. The van der Waals surface area contributed by atoms with Crippen molar-refractivity contribution < 1.29 is 4.79 Å². The Bertz CT molecular complexity index is 415. The standard InChI is InChI=1S/C11H8BrClO/c1-2-3-4-11(14)9-7-8(12)5-6-10(9)13/h5-7H,4H2,1H3. The zero-order valence-electron chi connectivity index (χ0n) is 7.60. The number of hydrogen-bond acceptors (Lipinski definition) is 1. The highest BCUT2D eigenvalue weighted by molar-refractivity contribution is 9.10. The van der Waals surface area contributed by atoms with E-state index in [1.807, 2.05) is 0 Å². The summed E-state index contributed by atoms with van der Waals surface area (Å²) in [7, 11) is 0. The molecule has 1 nitrogen and oxygen atoms in total. The first-order chi connectivity index (χ1) is 6.65. The minimum absolute atomic E-state index is 0.0503. The van der Waals surface area contributed by atoms with Crippen LogP contribution in [0.4, 0.5) is 0 Å². The highest BCUT2D eigenvalue weighted by Gasteiger charge is 2.09. The fourth-order valence-electron chi connectivity index (χ4n) is 0.975. The quantitative estimate of drug-likeness (QED) is 0.592. The van der Waals surface area contributed by atoms with Crippen molar-refractivity contribution in [3.8, 4) is 11.8 Å². The van der Waals surface area contributed by atoms with E-state index in [-0.39, 0.29) is 12.2 Å². The summed E-state index contributed by atoms with van der Waals surface area (Å²) in [6, 6.07) is 5.20. The summed E-state index contributed by atoms with van der Waals surface area (Å²) in [5.41, 5.74) is 0.517. The fourth-order valence-corrected chi connectivity index (χ4v) is 1.56. The van der Waals surface area contributed by atoms with Gasteiger partial charge in [-0.3, -0.25) is 4.79 Å². The molecule has 0 saturated carbocycles. The molecule has 1 aromatic rings. The molecule has 0 fully saturated rings. The molecule has 1 aromatic carbocycles. The van der Waals surface area contributed by atoms with E-state index >= 15 is 0 Å². The predicted octanol–water partition coefficient (Wildman–Crippen LogP) is 3.70. The van der Waals surface area contributed by atoms with Crippen molar-refractivity contribution in [2.45, 2.75) is 13.3 Å². The first kappa shape index (κ1) is 11.3. The molecule has 0 aliphatic carbocycles. The number of rotatable bonds is 2. The van der Waals surface area contributed by atoms with Gasteiger partial charge < -0.3 is 0 Å². The topological polar surface area (TPSA) is 17.1 Å². The van der Waals surface area contributed by atoms with Gasteiger partial charge in [0, 0.05) is 10.0 Å². The number of carbonyl (C=O) groups is 1. The molecule has 0 unspecified atom stereocenters. The molecule has 0 bridgehead atoms. The number of Topliss-reactive ketones (excluding diaryl/α,β-unsaturated/α-hetero) is 1. The summed E-state index contributed by atoms with van der Waals surface area (Å²) in [5, 5.41) is 0.469. The number of benzene rings is 1. The SMILES string of the molecule is CC#CCC(=O)c1cc(Br)ccc1Cl. The molecule has 3 heteroatoms. The largest absolute Gasteiger partial charge is 0.293 e. The Morgan fingerprint density at radius 3 is 2.93 bits per heavy atom. The van der Waals surface area contributed by atoms with Crippen LogP contribution in [0.15, 0.2) is 22.7 Å². The van der Waals surface area contributed by atoms with E-state index in [2.05, 4.69) is 27.8 Å². The molecule has 0 aliphatic heterocycles. The van der Waals surface area contributed by atoms with Crippen molar-refractivity contribution in [2.24, 2.45) is 0 Å². The fraction of sp³-hybridized carbons (Fsp3) is 0.182. The van der Waals surface area contributed by atoms with E-state index < -0.39 is 0 Å². The van der Waals surface area contributed by atoms with Crippen LogP contribution in [0.3, 0.4) is 0 Å². The lowest BCUT2D eigenvalue weighted by atomic mass is 10.1. The molecule has 14 heavy (non-hydrogen) atoms. The second-order valence-electron chi connectivity index (χ2n) is 2.65. The maximum atomic E-state index is 11.6. The van der Waals surface area contributed by atoms with E-state index in [1.54, 1.807) is 25.1 Å². The van der Waals surface area contributed by atoms with Crippen LogP contribution in [0.25, 0.3) is 0 Å². The molecule has 0 aromatic heterocycles. The van der Waals surface area contributed by atoms with Crippen molar-refractivity contribution in [2.75, 3.05) is 0 Å². The van der Waals surface area contributed by atoms with Crippen LogP contribution in [0.1, 0.15) is 23.7 Å². The van der Waals surface area contributed by atoms with Crippen LogP contribution >= 0.6 is 27.5 Å². The van der Waals surface area contributed by atoms with Gasteiger partial charge in [0.05, 0.1) is 11.4 Å². The van der Waals surface area contributed by atoms with Crippen molar-refractivity contribution in [3.05, 3.63) is 33.3 Å². The van der Waals surface area contributed by atoms with Gasteiger partial charge in [0.15, 0.2) is 5.78 Å². The smallest absolute Gasteiger partial charge is 0.176 e. The van der Waals surface area contributed by atoms with Crippen molar-refractivity contribution in [1.82, 2.24) is 0 Å². The summed E-state index contributed by atoms with van der Waals surface area (Å²) >= 11 is 9.17. The monoisotopic (exact) mass is 270 g/mol. The molecule has 0 saturated heterocycles. The molecule has 0 aliphatic rings. The van der Waals surface area contributed by atoms with Gasteiger partial charge in [-0.05, 0) is 25.1 Å². The Labute approximate surface area is 96.6 Å². The van der Waals surface area contributed by atoms with Crippen LogP contribution in [-0.2, 0) is 0 Å². The van der Waals surface area contributed by atoms with Gasteiger partial charge >= 0.3 is 0 Å². The van der Waals surface area contributed by atoms with Gasteiger partial charge in [-0.2, -0.15) is 0 Å². The molecule has 0 spiro atoms. The molecular weight excluding hydrogens is 263 g/mol. The number of hydrogen-bond donors (Lipinski definition) is 0. The Morgan fingerprint density at radius 2 is 2.29 bits per heavy atom. The van der Waals surface area contributed by atoms with Crippen molar-refractivity contribution in [1.29, 1.82) is 0 Å². The lowest BCUT2D eigenvalue weighted by molar-refractivity contribution is 0.0998. The van der Waals surface area contributed by atoms with Crippen molar-refractivity contribution >= 4 is 33.3 Å². The highest BCUT2D eigenvalue weighted by Crippen LogP contribution is 2.21. The zero-order valence-corrected chi connectivity index (χ0v) is 9.95. The third kappa shape index (κ3) is 2.87. The second kappa shape index (κ2) is 5.19. The summed E-state index contributed by atoms with van der Waals surface area (Å²) in [6.45, 7) is 1.70. The summed E-state index contributed by atoms with van der Waals surface area (Å²) in [6.07, 6.45) is 0.215. The molecule has 0 heterocycles. The number of ketones is 1. The summed E-state index contributed by atoms with van der Waals surface area (Å²) < 4.78 is 0.842. The van der Waals surface area contributed by atoms with Crippen molar-refractivity contribution in [3.63, 3.8) is 0 Å². The van der Waals surface area contributed by atoms with E-state index in [0.717, 1.165) is 4.47 Å². The molecule has 0 radical (unpaired) electrons. The van der Waals surface area contributed by atoms with Gasteiger partial charge in [-0.1, -0.05) is 33.5 Å². The average molecular weight is 272 g/mol. The Kier molecular flexibility index (Phi) is 4.19. The first-order valence-electron chi connectivity index (χ1n) is 4.03. The van der Waals surface area contributed by atoms with Crippen LogP contribution in [0.5, 0.6) is 0 Å². The Balaban J connectivity index is 2.98. The van der Waals surface area contributed by atoms with E-state index in [9.17, 15) is 4.79 Å². The molecule has 72 valence electrons. The van der Waals surface area contributed by atoms with Crippen LogP contribution < -0.4 is 0 Å². The minimum Gasteiger partial charge on any atom is -0.293 e. The highest BCUT2D eigenvalue weighted by atomic mass is 79.9. The third-order valence-electron chi connectivity index (χ3n) is 1.65. The van der Waals surface area contributed by atoms with Gasteiger partial charge in [0.1, 0.15) is 0 Å². The lowest BCUT2D eigenvalue weighted by Crippen LogP contribution is -1.98. The number of carbonyl (C=O) groups excluding carboxylic acids is 1. The van der Waals surface area contributed by atoms with Crippen LogP contribution in [0.2, 0.25) is 5.02 Å². The van der Waals surface area contributed by atoms with Crippen LogP contribution in [-0.4, -0.2) is 5.78 Å². The Hall–Kier alpha value is -0.780. The van der Waals surface area contributed by atoms with Gasteiger partial charge in [0.25, 0.3) is 0 Å². The van der Waals surface area contributed by atoms with E-state index in [4.69, 9.17) is 11.6 Å². The third-order valence-corrected chi connectivity index (χ3v) is 2.48. The number of halogens is 2.